The summed E-state index contributed by atoms with van der Waals surface area (Å²) in [6.45, 7) is 7.67. The van der Waals surface area contributed by atoms with E-state index in [1.807, 2.05) is 24.0 Å². The van der Waals surface area contributed by atoms with Gasteiger partial charge in [0.05, 0.1) is 13.2 Å². The first-order valence-electron chi connectivity index (χ1n) is 12.4. The van der Waals surface area contributed by atoms with Gasteiger partial charge in [0.1, 0.15) is 24.7 Å². The van der Waals surface area contributed by atoms with E-state index in [4.69, 9.17) is 9.47 Å². The van der Waals surface area contributed by atoms with Gasteiger partial charge in [0.2, 0.25) is 5.91 Å². The highest BCUT2D eigenvalue weighted by Crippen LogP contribution is 2.34. The molecule has 2 heterocycles. The first-order chi connectivity index (χ1) is 17.4. The number of amides is 2. The highest BCUT2D eigenvalue weighted by atomic mass is 32.1. The highest BCUT2D eigenvalue weighted by molar-refractivity contribution is 7.10. The lowest BCUT2D eigenvalue weighted by Gasteiger charge is -2.37. The van der Waals surface area contributed by atoms with E-state index in [2.05, 4.69) is 37.4 Å². The van der Waals surface area contributed by atoms with Gasteiger partial charge in [-0.15, -0.1) is 11.3 Å². The number of carbonyl (C=O) groups excluding carboxylic acids is 2. The zero-order valence-electron chi connectivity index (χ0n) is 21.4. The number of hydrogen-bond acceptors (Lipinski definition) is 5. The second kappa shape index (κ2) is 11.6. The molecule has 0 spiro atoms. The third-order valence-electron chi connectivity index (χ3n) is 6.70. The minimum absolute atomic E-state index is 0.0282. The molecule has 6 nitrogen and oxygen atoms in total. The van der Waals surface area contributed by atoms with Crippen molar-refractivity contribution < 1.29 is 19.1 Å². The van der Waals surface area contributed by atoms with Crippen molar-refractivity contribution in [3.63, 3.8) is 0 Å². The Kier molecular flexibility index (Phi) is 8.31. The van der Waals surface area contributed by atoms with Crippen molar-refractivity contribution in [1.82, 2.24) is 9.80 Å². The second-order valence-corrected chi connectivity index (χ2v) is 10.2. The van der Waals surface area contributed by atoms with E-state index < -0.39 is 0 Å². The molecule has 7 heteroatoms. The molecule has 0 saturated heterocycles. The third kappa shape index (κ3) is 5.73. The number of ether oxygens (including phenoxy) is 2. The minimum Gasteiger partial charge on any atom is -0.497 e. The van der Waals surface area contributed by atoms with E-state index in [0.29, 0.717) is 36.9 Å². The van der Waals surface area contributed by atoms with Crippen LogP contribution in [0.15, 0.2) is 60.0 Å². The SMILES string of the molecule is CCN(CC(=O)N1CCc2sccc2[C@@H]1COc1ccc(C(C)C)cc1)C(=O)c1ccc(OC)cc1. The molecule has 2 aromatic carbocycles. The van der Waals surface area contributed by atoms with Gasteiger partial charge in [0.15, 0.2) is 0 Å². The van der Waals surface area contributed by atoms with Crippen molar-refractivity contribution >= 4 is 23.2 Å². The van der Waals surface area contributed by atoms with Crippen molar-refractivity contribution in [2.75, 3.05) is 33.4 Å². The number of likely N-dealkylation sites (N-methyl/N-ethyl adjacent to an activating group) is 1. The predicted molar refractivity (Wildman–Crippen MR) is 143 cm³/mol. The number of carbonyl (C=O) groups is 2. The van der Waals surface area contributed by atoms with E-state index in [9.17, 15) is 9.59 Å². The summed E-state index contributed by atoms with van der Waals surface area (Å²) in [4.78, 5) is 31.4. The first-order valence-corrected chi connectivity index (χ1v) is 13.3. The van der Waals surface area contributed by atoms with Crippen molar-refractivity contribution in [3.05, 3.63) is 81.5 Å². The Labute approximate surface area is 217 Å². The molecule has 3 aromatic rings. The van der Waals surface area contributed by atoms with Crippen LogP contribution in [-0.4, -0.2) is 55.0 Å². The number of nitrogens with zero attached hydrogens (tertiary/aromatic N) is 2. The van der Waals surface area contributed by atoms with Gasteiger partial charge in [0.25, 0.3) is 5.91 Å². The Morgan fingerprint density at radius 2 is 1.75 bits per heavy atom. The molecular formula is C29H34N2O4S. The lowest BCUT2D eigenvalue weighted by atomic mass is 10.00. The Morgan fingerprint density at radius 1 is 1.06 bits per heavy atom. The number of thiophene rings is 1. The fraction of sp³-hybridized carbons (Fsp3) is 0.379. The third-order valence-corrected chi connectivity index (χ3v) is 7.70. The van der Waals surface area contributed by atoms with E-state index >= 15 is 0 Å². The van der Waals surface area contributed by atoms with Crippen LogP contribution in [0.25, 0.3) is 0 Å². The normalized spacial score (nSPS) is 14.9. The fourth-order valence-corrected chi connectivity index (χ4v) is 5.42. The lowest BCUT2D eigenvalue weighted by Crippen LogP contribution is -2.47. The number of methoxy groups -OCH3 is 1. The maximum absolute atomic E-state index is 13.5. The van der Waals surface area contributed by atoms with Gasteiger partial charge in [-0.05, 0) is 78.2 Å². The van der Waals surface area contributed by atoms with Crippen molar-refractivity contribution in [2.45, 2.75) is 39.2 Å². The van der Waals surface area contributed by atoms with Gasteiger partial charge in [-0.3, -0.25) is 9.59 Å². The van der Waals surface area contributed by atoms with Crippen LogP contribution < -0.4 is 9.47 Å². The largest absolute Gasteiger partial charge is 0.497 e. The van der Waals surface area contributed by atoms with Crippen LogP contribution in [0.2, 0.25) is 0 Å². The van der Waals surface area contributed by atoms with Crippen molar-refractivity contribution in [2.24, 2.45) is 0 Å². The Bertz CT molecular complexity index is 1170. The maximum atomic E-state index is 13.5. The fourth-order valence-electron chi connectivity index (χ4n) is 4.50. The van der Waals surface area contributed by atoms with E-state index in [1.165, 1.54) is 10.4 Å². The lowest BCUT2D eigenvalue weighted by molar-refractivity contribution is -0.135. The minimum atomic E-state index is -0.188. The molecule has 2 amide bonds. The molecule has 36 heavy (non-hydrogen) atoms. The van der Waals surface area contributed by atoms with Gasteiger partial charge in [-0.25, -0.2) is 0 Å². The molecule has 1 atom stereocenters. The summed E-state index contributed by atoms with van der Waals surface area (Å²) >= 11 is 1.72. The van der Waals surface area contributed by atoms with Crippen LogP contribution in [0.4, 0.5) is 0 Å². The summed E-state index contributed by atoms with van der Waals surface area (Å²) in [7, 11) is 1.59. The van der Waals surface area contributed by atoms with Crippen LogP contribution in [0.3, 0.4) is 0 Å². The highest BCUT2D eigenvalue weighted by Gasteiger charge is 2.33. The van der Waals surface area contributed by atoms with Crippen LogP contribution in [0.1, 0.15) is 59.1 Å². The molecule has 0 saturated carbocycles. The van der Waals surface area contributed by atoms with Crippen LogP contribution in [-0.2, 0) is 11.2 Å². The number of rotatable bonds is 9. The Morgan fingerprint density at radius 3 is 2.39 bits per heavy atom. The molecule has 0 fully saturated rings. The number of benzene rings is 2. The summed E-state index contributed by atoms with van der Waals surface area (Å²) in [5.74, 6) is 1.70. The molecular weight excluding hydrogens is 472 g/mol. The van der Waals surface area contributed by atoms with Gasteiger partial charge >= 0.3 is 0 Å². The predicted octanol–water partition coefficient (Wildman–Crippen LogP) is 5.55. The standard InChI is InChI=1S/C29H34N2O4S/c1-5-30(29(33)22-8-10-23(34-4)11-9-22)18-28(32)31-16-14-27-25(15-17-36-27)26(31)19-35-24-12-6-21(7-13-24)20(2)3/h6-13,15,17,20,26H,5,14,16,18-19H2,1-4H3/t26-/m0/s1. The Hall–Kier alpha value is -3.32. The molecule has 0 N–H and O–H groups in total. The monoisotopic (exact) mass is 506 g/mol. The number of fused-ring (bicyclic) bond motifs is 1. The summed E-state index contributed by atoms with van der Waals surface area (Å²) in [6.07, 6.45) is 0.816. The van der Waals surface area contributed by atoms with Gasteiger partial charge in [-0.2, -0.15) is 0 Å². The average Bonchev–Trinajstić information content (AvgIpc) is 3.39. The average molecular weight is 507 g/mol. The summed E-state index contributed by atoms with van der Waals surface area (Å²) in [5.41, 5.74) is 2.94. The van der Waals surface area contributed by atoms with Gasteiger partial charge in [-0.1, -0.05) is 26.0 Å². The summed E-state index contributed by atoms with van der Waals surface area (Å²) in [5, 5.41) is 2.08. The molecule has 190 valence electrons. The van der Waals surface area contributed by atoms with Crippen LogP contribution in [0, 0.1) is 0 Å². The molecule has 0 radical (unpaired) electrons. The molecule has 1 aliphatic heterocycles. The van der Waals surface area contributed by atoms with Crippen molar-refractivity contribution in [3.8, 4) is 11.5 Å². The van der Waals surface area contributed by atoms with Gasteiger partial charge in [0, 0.05) is 23.5 Å². The van der Waals surface area contributed by atoms with E-state index in [-0.39, 0.29) is 24.4 Å². The topological polar surface area (TPSA) is 59.1 Å². The second-order valence-electron chi connectivity index (χ2n) is 9.23. The zero-order valence-corrected chi connectivity index (χ0v) is 22.2. The molecule has 1 aromatic heterocycles. The van der Waals surface area contributed by atoms with E-state index in [0.717, 1.165) is 17.7 Å². The molecule has 1 aliphatic rings. The summed E-state index contributed by atoms with van der Waals surface area (Å²) < 4.78 is 11.4. The van der Waals surface area contributed by atoms with Crippen LogP contribution >= 0.6 is 11.3 Å². The maximum Gasteiger partial charge on any atom is 0.254 e. The van der Waals surface area contributed by atoms with E-state index in [1.54, 1.807) is 47.6 Å². The molecule has 0 unspecified atom stereocenters. The molecule has 4 rings (SSSR count). The van der Waals surface area contributed by atoms with Gasteiger partial charge < -0.3 is 19.3 Å². The Balaban J connectivity index is 1.47. The zero-order chi connectivity index (χ0) is 25.7. The quantitative estimate of drug-likeness (QED) is 0.382. The summed E-state index contributed by atoms with van der Waals surface area (Å²) in [6, 6.07) is 17.0. The molecule has 0 bridgehead atoms. The molecule has 0 aliphatic carbocycles. The first kappa shape index (κ1) is 25.8. The van der Waals surface area contributed by atoms with Crippen LogP contribution in [0.5, 0.6) is 11.5 Å². The van der Waals surface area contributed by atoms with Crippen molar-refractivity contribution in [1.29, 1.82) is 0 Å². The smallest absolute Gasteiger partial charge is 0.254 e. The number of hydrogen-bond donors (Lipinski definition) is 0.